The summed E-state index contributed by atoms with van der Waals surface area (Å²) in [5.41, 5.74) is 2.79. The number of fused-ring (bicyclic) bond motifs is 1. The molecule has 0 radical (unpaired) electrons. The van der Waals surface area contributed by atoms with Gasteiger partial charge in [-0.3, -0.25) is 9.59 Å². The van der Waals surface area contributed by atoms with Crippen LogP contribution in [0.2, 0.25) is 0 Å². The van der Waals surface area contributed by atoms with Crippen LogP contribution in [0.25, 0.3) is 16.6 Å². The summed E-state index contributed by atoms with van der Waals surface area (Å²) in [6.45, 7) is 4.25. The summed E-state index contributed by atoms with van der Waals surface area (Å²) < 4.78 is 3.22. The lowest BCUT2D eigenvalue weighted by Gasteiger charge is -2.07. The monoisotopic (exact) mass is 365 g/mol. The third-order valence-electron chi connectivity index (χ3n) is 4.90. The number of para-hydroxylation sites is 1. The second kappa shape index (κ2) is 6.98. The summed E-state index contributed by atoms with van der Waals surface area (Å²) in [4.78, 5) is 24.7. The Hall–Kier alpha value is -2.96. The number of aromatic nitrogens is 4. The topological polar surface area (TPSA) is 81.8 Å². The Labute approximate surface area is 157 Å². The van der Waals surface area contributed by atoms with Gasteiger partial charge in [-0.05, 0) is 45.2 Å². The Morgan fingerprint density at radius 3 is 2.63 bits per heavy atom. The minimum atomic E-state index is -0.212. The molecular weight excluding hydrogens is 342 g/mol. The molecule has 7 nitrogen and oxygen atoms in total. The maximum absolute atomic E-state index is 12.9. The van der Waals surface area contributed by atoms with Crippen molar-refractivity contribution < 1.29 is 4.79 Å². The number of rotatable bonds is 6. The number of hydrogen-bond acceptors (Lipinski definition) is 4. The lowest BCUT2D eigenvalue weighted by Crippen LogP contribution is -2.27. The van der Waals surface area contributed by atoms with Gasteiger partial charge >= 0.3 is 0 Å². The first-order chi connectivity index (χ1) is 13.0. The number of amides is 1. The first-order valence-corrected chi connectivity index (χ1v) is 9.36. The molecular formula is C20H23N5O2. The number of nitrogens with zero attached hydrogens (tertiary/aromatic N) is 4. The molecule has 3 aromatic rings. The van der Waals surface area contributed by atoms with E-state index in [1.807, 2.05) is 44.2 Å². The molecule has 0 unspecified atom stereocenters. The van der Waals surface area contributed by atoms with E-state index in [9.17, 15) is 9.59 Å². The fourth-order valence-corrected chi connectivity index (χ4v) is 3.37. The number of nitrogens with one attached hydrogen (secondary N) is 1. The Morgan fingerprint density at radius 1 is 1.19 bits per heavy atom. The SMILES string of the molecule is Cc1nn(CCCC(=O)NC2CC2)c(=O)c2nn(-c3ccccc3)c(C)c12. The number of carbonyl (C=O) groups excluding carboxylic acids is 1. The zero-order valence-corrected chi connectivity index (χ0v) is 15.6. The normalized spacial score (nSPS) is 13.9. The molecule has 4 rings (SSSR count). The van der Waals surface area contributed by atoms with Crippen LogP contribution in [0.5, 0.6) is 0 Å². The van der Waals surface area contributed by atoms with Crippen molar-refractivity contribution in [2.75, 3.05) is 0 Å². The van der Waals surface area contributed by atoms with Crippen LogP contribution < -0.4 is 10.9 Å². The van der Waals surface area contributed by atoms with Crippen LogP contribution in [0.4, 0.5) is 0 Å². The smallest absolute Gasteiger partial charge is 0.295 e. The van der Waals surface area contributed by atoms with Crippen LogP contribution >= 0.6 is 0 Å². The summed E-state index contributed by atoms with van der Waals surface area (Å²) in [5.74, 6) is 0.0487. The van der Waals surface area contributed by atoms with Gasteiger partial charge in [0, 0.05) is 19.0 Å². The Kier molecular flexibility index (Phi) is 4.51. The summed E-state index contributed by atoms with van der Waals surface area (Å²) >= 11 is 0. The molecule has 7 heteroatoms. The van der Waals surface area contributed by atoms with Crippen molar-refractivity contribution in [2.24, 2.45) is 0 Å². The van der Waals surface area contributed by atoms with Gasteiger partial charge in [-0.2, -0.15) is 10.2 Å². The van der Waals surface area contributed by atoms with Crippen LogP contribution in [-0.2, 0) is 11.3 Å². The highest BCUT2D eigenvalue weighted by atomic mass is 16.1. The highest BCUT2D eigenvalue weighted by Crippen LogP contribution is 2.21. The molecule has 0 atom stereocenters. The molecule has 1 amide bonds. The third kappa shape index (κ3) is 3.49. The van der Waals surface area contributed by atoms with Gasteiger partial charge in [0.15, 0.2) is 5.52 Å². The van der Waals surface area contributed by atoms with Gasteiger partial charge in [0.05, 0.1) is 22.5 Å². The van der Waals surface area contributed by atoms with E-state index in [4.69, 9.17) is 0 Å². The molecule has 1 aliphatic rings. The van der Waals surface area contributed by atoms with Crippen molar-refractivity contribution in [3.05, 3.63) is 52.1 Å². The van der Waals surface area contributed by atoms with Crippen molar-refractivity contribution >= 4 is 16.8 Å². The zero-order chi connectivity index (χ0) is 19.0. The predicted octanol–water partition coefficient (Wildman–Crippen LogP) is 2.26. The van der Waals surface area contributed by atoms with Gasteiger partial charge in [-0.25, -0.2) is 9.36 Å². The van der Waals surface area contributed by atoms with Gasteiger partial charge in [-0.15, -0.1) is 0 Å². The molecule has 0 saturated heterocycles. The zero-order valence-electron chi connectivity index (χ0n) is 15.6. The lowest BCUT2D eigenvalue weighted by atomic mass is 10.2. The van der Waals surface area contributed by atoms with Crippen molar-refractivity contribution in [3.8, 4) is 5.69 Å². The molecule has 0 bridgehead atoms. The lowest BCUT2D eigenvalue weighted by molar-refractivity contribution is -0.121. The van der Waals surface area contributed by atoms with Gasteiger partial charge in [-0.1, -0.05) is 18.2 Å². The summed E-state index contributed by atoms with van der Waals surface area (Å²) in [6.07, 6.45) is 3.13. The van der Waals surface area contributed by atoms with E-state index in [0.717, 1.165) is 35.3 Å². The van der Waals surface area contributed by atoms with Crippen molar-refractivity contribution in [2.45, 2.75) is 52.1 Å². The van der Waals surface area contributed by atoms with Crippen LogP contribution in [0.1, 0.15) is 37.1 Å². The molecule has 1 N–H and O–H groups in total. The quantitative estimate of drug-likeness (QED) is 0.726. The molecule has 0 spiro atoms. The average molecular weight is 365 g/mol. The van der Waals surface area contributed by atoms with Gasteiger partial charge in [0.2, 0.25) is 5.91 Å². The molecule has 27 heavy (non-hydrogen) atoms. The minimum absolute atomic E-state index is 0.0487. The molecule has 2 heterocycles. The van der Waals surface area contributed by atoms with Gasteiger partial charge in [0.25, 0.3) is 5.56 Å². The van der Waals surface area contributed by atoms with Crippen molar-refractivity contribution in [3.63, 3.8) is 0 Å². The maximum Gasteiger partial charge on any atom is 0.295 e. The van der Waals surface area contributed by atoms with Crippen LogP contribution in [0, 0.1) is 13.8 Å². The first kappa shape index (κ1) is 17.5. The van der Waals surface area contributed by atoms with Crippen LogP contribution in [0.15, 0.2) is 35.1 Å². The van der Waals surface area contributed by atoms with E-state index in [-0.39, 0.29) is 11.5 Å². The molecule has 2 aromatic heterocycles. The molecule has 1 aliphatic carbocycles. The first-order valence-electron chi connectivity index (χ1n) is 9.36. The van der Waals surface area contributed by atoms with E-state index >= 15 is 0 Å². The molecule has 140 valence electrons. The maximum atomic E-state index is 12.9. The van der Waals surface area contributed by atoms with E-state index < -0.39 is 0 Å². The molecule has 1 fully saturated rings. The second-order valence-electron chi connectivity index (χ2n) is 7.12. The minimum Gasteiger partial charge on any atom is -0.353 e. The standard InChI is InChI=1S/C20H23N5O2/c1-13-18-14(2)25(16-7-4-3-5-8-16)23-19(18)20(27)24(22-13)12-6-9-17(26)21-15-10-11-15/h3-5,7-8,15H,6,9-12H2,1-2H3,(H,21,26). The van der Waals surface area contributed by atoms with E-state index in [1.165, 1.54) is 4.68 Å². The average Bonchev–Trinajstić information content (AvgIpc) is 3.39. The number of hydrogen-bond donors (Lipinski definition) is 1. The fourth-order valence-electron chi connectivity index (χ4n) is 3.37. The van der Waals surface area contributed by atoms with Crippen molar-refractivity contribution in [1.29, 1.82) is 0 Å². The van der Waals surface area contributed by atoms with Gasteiger partial charge in [0.1, 0.15) is 0 Å². The Balaban J connectivity index is 1.60. The van der Waals surface area contributed by atoms with Crippen LogP contribution in [-0.4, -0.2) is 31.5 Å². The van der Waals surface area contributed by atoms with E-state index in [0.29, 0.717) is 30.9 Å². The fraction of sp³-hybridized carbons (Fsp3) is 0.400. The Morgan fingerprint density at radius 2 is 1.93 bits per heavy atom. The third-order valence-corrected chi connectivity index (χ3v) is 4.90. The largest absolute Gasteiger partial charge is 0.353 e. The predicted molar refractivity (Wildman–Crippen MR) is 103 cm³/mol. The highest BCUT2D eigenvalue weighted by Gasteiger charge is 2.23. The van der Waals surface area contributed by atoms with E-state index in [1.54, 1.807) is 4.68 Å². The van der Waals surface area contributed by atoms with Crippen LogP contribution in [0.3, 0.4) is 0 Å². The molecule has 0 aliphatic heterocycles. The summed E-state index contributed by atoms with van der Waals surface area (Å²) in [5, 5.41) is 12.8. The molecule has 1 saturated carbocycles. The molecule has 1 aromatic carbocycles. The van der Waals surface area contributed by atoms with E-state index in [2.05, 4.69) is 15.5 Å². The van der Waals surface area contributed by atoms with Gasteiger partial charge < -0.3 is 5.32 Å². The highest BCUT2D eigenvalue weighted by molar-refractivity contribution is 5.83. The number of benzene rings is 1. The summed E-state index contributed by atoms with van der Waals surface area (Å²) in [7, 11) is 0. The summed E-state index contributed by atoms with van der Waals surface area (Å²) in [6, 6.07) is 10.1. The Bertz CT molecular complexity index is 1050. The number of carbonyl (C=O) groups is 1. The second-order valence-corrected chi connectivity index (χ2v) is 7.12. The number of aryl methyl sites for hydroxylation is 3. The van der Waals surface area contributed by atoms with Crippen molar-refractivity contribution in [1.82, 2.24) is 24.9 Å².